The number of fused-ring (bicyclic) bond motifs is 2. The van der Waals surface area contributed by atoms with Crippen LogP contribution in [-0.2, 0) is 22.4 Å². The molecule has 1 aliphatic carbocycles. The molecule has 11 heteroatoms. The molecule has 3 aliphatic rings. The number of sulfonamides is 1. The molecule has 166 valence electrons. The molecule has 2 N–H and O–H groups in total. The molecule has 0 amide bonds. The zero-order valence-corrected chi connectivity index (χ0v) is 17.8. The molecule has 5 rings (SSSR count). The fourth-order valence-electron chi connectivity index (χ4n) is 4.35. The largest absolute Gasteiger partial charge is 0.491 e. The van der Waals surface area contributed by atoms with E-state index in [0.717, 1.165) is 6.26 Å². The molecule has 0 bridgehead atoms. The van der Waals surface area contributed by atoms with Crippen LogP contribution in [0.25, 0.3) is 11.3 Å². The van der Waals surface area contributed by atoms with Crippen molar-refractivity contribution in [2.45, 2.75) is 43.9 Å². The first-order chi connectivity index (χ1) is 14.5. The second-order valence-corrected chi connectivity index (χ2v) is 10.2. The highest BCUT2D eigenvalue weighted by Gasteiger charge is 2.45. The number of halogens is 2. The molecule has 0 spiro atoms. The molecular formula is C20H22F2N4O4S. The number of hydrogen-bond acceptors (Lipinski definition) is 7. The van der Waals surface area contributed by atoms with Gasteiger partial charge in [-0.25, -0.2) is 23.1 Å². The number of anilines is 1. The number of aliphatic hydroxyl groups excluding tert-OH is 1. The van der Waals surface area contributed by atoms with E-state index in [-0.39, 0.29) is 43.7 Å². The number of nitrogens with zero attached hydrogens (tertiary/aromatic N) is 3. The third-order valence-electron chi connectivity index (χ3n) is 6.14. The number of hydrogen-bond donors (Lipinski definition) is 2. The lowest BCUT2D eigenvalue weighted by Crippen LogP contribution is -2.59. The van der Waals surface area contributed by atoms with Crippen molar-refractivity contribution in [2.24, 2.45) is 0 Å². The zero-order chi connectivity index (χ0) is 22.1. The van der Waals surface area contributed by atoms with Crippen molar-refractivity contribution >= 4 is 16.0 Å². The number of aliphatic hydroxyl groups is 1. The highest BCUT2D eigenvalue weighted by Crippen LogP contribution is 2.46. The van der Waals surface area contributed by atoms with Crippen LogP contribution in [0.4, 0.5) is 14.7 Å². The van der Waals surface area contributed by atoms with Crippen molar-refractivity contribution in [3.8, 4) is 17.0 Å². The lowest BCUT2D eigenvalue weighted by atomic mass is 9.99. The summed E-state index contributed by atoms with van der Waals surface area (Å²) >= 11 is 0. The lowest BCUT2D eigenvalue weighted by Gasteiger charge is -2.43. The topological polar surface area (TPSA) is 105 Å². The zero-order valence-electron chi connectivity index (χ0n) is 17.0. The minimum atomic E-state index is -3.46. The van der Waals surface area contributed by atoms with Gasteiger partial charge in [0.25, 0.3) is 5.92 Å². The molecule has 0 radical (unpaired) electrons. The van der Waals surface area contributed by atoms with E-state index >= 15 is 0 Å². The average Bonchev–Trinajstić information content (AvgIpc) is 3.24. The van der Waals surface area contributed by atoms with Crippen molar-refractivity contribution in [2.75, 3.05) is 24.3 Å². The normalized spacial score (nSPS) is 26.2. The highest BCUT2D eigenvalue weighted by atomic mass is 32.2. The van der Waals surface area contributed by atoms with Gasteiger partial charge < -0.3 is 14.7 Å². The smallest absolute Gasteiger partial charge is 0.290 e. The van der Waals surface area contributed by atoms with Gasteiger partial charge >= 0.3 is 0 Å². The third-order valence-corrected chi connectivity index (χ3v) is 6.85. The SMILES string of the molecule is C[C@H]1[C@H](O)CN1c1nc(-c2ccc3c(c2)[C@@H](NS(C)(=O)=O)CO3)c2c(n1)C(F)(F)CC2. The molecule has 2 aliphatic heterocycles. The van der Waals surface area contributed by atoms with Crippen LogP contribution in [0.5, 0.6) is 5.75 Å². The molecule has 2 aromatic rings. The molecule has 1 aromatic carbocycles. The van der Waals surface area contributed by atoms with E-state index in [9.17, 15) is 22.3 Å². The maximum atomic E-state index is 14.6. The van der Waals surface area contributed by atoms with Gasteiger partial charge in [0.2, 0.25) is 16.0 Å². The molecule has 1 fully saturated rings. The Hall–Kier alpha value is -2.37. The monoisotopic (exact) mass is 452 g/mol. The number of benzene rings is 1. The van der Waals surface area contributed by atoms with Gasteiger partial charge in [-0.05, 0) is 31.5 Å². The number of rotatable bonds is 4. The fraction of sp³-hybridized carbons (Fsp3) is 0.500. The van der Waals surface area contributed by atoms with Gasteiger partial charge in [0.15, 0.2) is 0 Å². The van der Waals surface area contributed by atoms with Crippen molar-refractivity contribution in [1.29, 1.82) is 0 Å². The van der Waals surface area contributed by atoms with Gasteiger partial charge in [-0.2, -0.15) is 8.78 Å². The maximum absolute atomic E-state index is 14.6. The van der Waals surface area contributed by atoms with Crippen LogP contribution in [0.3, 0.4) is 0 Å². The summed E-state index contributed by atoms with van der Waals surface area (Å²) in [5.74, 6) is -2.34. The molecule has 0 saturated carbocycles. The van der Waals surface area contributed by atoms with Gasteiger partial charge in [0.05, 0.1) is 30.1 Å². The second kappa shape index (κ2) is 6.81. The molecular weight excluding hydrogens is 430 g/mol. The number of β-amino-alcohol motifs (C(OH)–C–C–N with tert-alkyl or cyclic N) is 1. The van der Waals surface area contributed by atoms with Crippen molar-refractivity contribution < 1.29 is 27.0 Å². The second-order valence-electron chi connectivity index (χ2n) is 8.37. The van der Waals surface area contributed by atoms with Crippen LogP contribution in [0, 0.1) is 0 Å². The quantitative estimate of drug-likeness (QED) is 0.728. The lowest BCUT2D eigenvalue weighted by molar-refractivity contribution is -0.00603. The Morgan fingerprint density at radius 1 is 1.32 bits per heavy atom. The van der Waals surface area contributed by atoms with E-state index in [4.69, 9.17) is 4.74 Å². The van der Waals surface area contributed by atoms with Crippen molar-refractivity contribution in [1.82, 2.24) is 14.7 Å². The molecule has 1 saturated heterocycles. The van der Waals surface area contributed by atoms with E-state index in [1.54, 1.807) is 30.0 Å². The Morgan fingerprint density at radius 3 is 2.77 bits per heavy atom. The van der Waals surface area contributed by atoms with Gasteiger partial charge in [-0.1, -0.05) is 0 Å². The molecule has 31 heavy (non-hydrogen) atoms. The van der Waals surface area contributed by atoms with Gasteiger partial charge in [0, 0.05) is 29.7 Å². The number of aromatic nitrogens is 2. The number of ether oxygens (including phenoxy) is 1. The average molecular weight is 452 g/mol. The molecule has 3 heterocycles. The molecule has 3 atom stereocenters. The van der Waals surface area contributed by atoms with E-state index in [1.807, 2.05) is 0 Å². The Labute approximate surface area is 178 Å². The standard InChI is InChI=1S/C20H22F2N4O4S/c1-10-15(27)8-26(10)19-23-17(12-5-6-20(21,22)18(12)24-19)11-3-4-16-13(7-11)14(9-30-16)25-31(2,28)29/h3-4,7,10,14-15,25,27H,5-6,8-9H2,1-2H3/t10-,14-,15+/m0/s1. The number of alkyl halides is 2. The first kappa shape index (κ1) is 20.5. The minimum Gasteiger partial charge on any atom is -0.491 e. The fourth-order valence-corrected chi connectivity index (χ4v) is 5.06. The van der Waals surface area contributed by atoms with Crippen molar-refractivity contribution in [3.63, 3.8) is 0 Å². The summed E-state index contributed by atoms with van der Waals surface area (Å²) < 4.78 is 60.7. The number of nitrogens with one attached hydrogen (secondary N) is 1. The highest BCUT2D eigenvalue weighted by molar-refractivity contribution is 7.88. The Bertz CT molecular complexity index is 1170. The summed E-state index contributed by atoms with van der Waals surface area (Å²) in [7, 11) is -3.46. The predicted octanol–water partition coefficient (Wildman–Crippen LogP) is 1.73. The van der Waals surface area contributed by atoms with Crippen LogP contribution in [-0.4, -0.2) is 55.0 Å². The Kier molecular flexibility index (Phi) is 4.51. The first-order valence-electron chi connectivity index (χ1n) is 10.0. The van der Waals surface area contributed by atoms with Gasteiger partial charge in [-0.15, -0.1) is 0 Å². The van der Waals surface area contributed by atoms with Crippen LogP contribution in [0.2, 0.25) is 0 Å². The molecule has 8 nitrogen and oxygen atoms in total. The summed E-state index contributed by atoms with van der Waals surface area (Å²) in [6, 6.07) is 4.34. The Morgan fingerprint density at radius 2 is 2.10 bits per heavy atom. The summed E-state index contributed by atoms with van der Waals surface area (Å²) in [5, 5.41) is 9.84. The minimum absolute atomic E-state index is 0.148. The van der Waals surface area contributed by atoms with Crippen LogP contribution < -0.4 is 14.4 Å². The summed E-state index contributed by atoms with van der Waals surface area (Å²) in [5.41, 5.74) is 1.75. The van der Waals surface area contributed by atoms with Crippen LogP contribution in [0.1, 0.15) is 36.2 Å². The first-order valence-corrected chi connectivity index (χ1v) is 11.9. The van der Waals surface area contributed by atoms with E-state index in [0.29, 0.717) is 28.1 Å². The molecule has 1 aromatic heterocycles. The predicted molar refractivity (Wildman–Crippen MR) is 109 cm³/mol. The van der Waals surface area contributed by atoms with E-state index in [2.05, 4.69) is 14.7 Å². The van der Waals surface area contributed by atoms with E-state index in [1.165, 1.54) is 0 Å². The van der Waals surface area contributed by atoms with Crippen molar-refractivity contribution in [3.05, 3.63) is 35.0 Å². The van der Waals surface area contributed by atoms with Crippen LogP contribution in [0.15, 0.2) is 18.2 Å². The maximum Gasteiger partial charge on any atom is 0.290 e. The summed E-state index contributed by atoms with van der Waals surface area (Å²) in [4.78, 5) is 10.5. The summed E-state index contributed by atoms with van der Waals surface area (Å²) in [6.45, 7) is 2.22. The van der Waals surface area contributed by atoms with E-state index < -0.39 is 28.1 Å². The van der Waals surface area contributed by atoms with Gasteiger partial charge in [-0.3, -0.25) is 0 Å². The molecule has 0 unspecified atom stereocenters. The Balaban J connectivity index is 1.61. The van der Waals surface area contributed by atoms with Gasteiger partial charge in [0.1, 0.15) is 18.1 Å². The van der Waals surface area contributed by atoms with Crippen LogP contribution >= 0.6 is 0 Å². The third kappa shape index (κ3) is 3.44. The summed E-state index contributed by atoms with van der Waals surface area (Å²) in [6.07, 6.45) is 0.330.